The molecule has 0 aliphatic rings. The zero-order chi connectivity index (χ0) is 16.9. The summed E-state index contributed by atoms with van der Waals surface area (Å²) < 4.78 is 7.83. The van der Waals surface area contributed by atoms with E-state index >= 15 is 0 Å². The fourth-order valence-electron chi connectivity index (χ4n) is 2.06. The lowest BCUT2D eigenvalue weighted by atomic mass is 10.2. The summed E-state index contributed by atoms with van der Waals surface area (Å²) in [6, 6.07) is 15.3. The van der Waals surface area contributed by atoms with Crippen LogP contribution in [0.3, 0.4) is 0 Å². The average molecular weight is 359 g/mol. The first-order valence-corrected chi connectivity index (χ1v) is 8.06. The van der Waals surface area contributed by atoms with Crippen LogP contribution in [0.4, 0.5) is 0 Å². The summed E-state index contributed by atoms with van der Waals surface area (Å²) in [5.41, 5.74) is 1.96. The van der Waals surface area contributed by atoms with Crippen LogP contribution in [0.25, 0.3) is 0 Å². The van der Waals surface area contributed by atoms with Crippen molar-refractivity contribution in [1.29, 1.82) is 0 Å². The summed E-state index contributed by atoms with van der Waals surface area (Å²) in [4.78, 5) is 0. The molecule has 122 valence electrons. The largest absolute Gasteiger partial charge is 0.489 e. The lowest BCUT2D eigenvalue weighted by Gasteiger charge is -2.07. The van der Waals surface area contributed by atoms with E-state index in [1.807, 2.05) is 55.5 Å². The molecule has 24 heavy (non-hydrogen) atoms. The van der Waals surface area contributed by atoms with Crippen LogP contribution < -0.4 is 4.74 Å². The van der Waals surface area contributed by atoms with Crippen molar-refractivity contribution in [3.05, 3.63) is 75.3 Å². The monoisotopic (exact) mass is 358 g/mol. The van der Waals surface area contributed by atoms with Crippen LogP contribution in [0.2, 0.25) is 5.02 Å². The third kappa shape index (κ3) is 4.10. The van der Waals surface area contributed by atoms with Crippen LogP contribution in [-0.4, -0.2) is 21.1 Å². The Hall–Kier alpha value is -2.44. The quantitative estimate of drug-likeness (QED) is 0.544. The Morgan fingerprint density at radius 1 is 1.29 bits per heavy atom. The fraction of sp³-hybridized carbons (Fsp3) is 0.118. The van der Waals surface area contributed by atoms with Crippen molar-refractivity contribution in [2.24, 2.45) is 5.10 Å². The maximum Gasteiger partial charge on any atom is 0.216 e. The smallest absolute Gasteiger partial charge is 0.216 e. The fourth-order valence-corrected chi connectivity index (χ4v) is 2.41. The summed E-state index contributed by atoms with van der Waals surface area (Å²) >= 11 is 11.0. The molecule has 1 N–H and O–H groups in total. The molecule has 0 fully saturated rings. The van der Waals surface area contributed by atoms with Gasteiger partial charge in [-0.2, -0.15) is 14.9 Å². The molecule has 3 aromatic rings. The van der Waals surface area contributed by atoms with Crippen molar-refractivity contribution in [1.82, 2.24) is 14.9 Å². The number of benzene rings is 2. The molecule has 0 amide bonds. The SMILES string of the molecule is Cc1n[nH]c(=S)n1/N=C/c1cccc(OCc2ccc(Cl)cc2)c1. The van der Waals surface area contributed by atoms with Gasteiger partial charge in [0.1, 0.15) is 18.2 Å². The number of H-pyrrole nitrogens is 1. The molecule has 1 aromatic heterocycles. The highest BCUT2D eigenvalue weighted by Gasteiger charge is 2.00. The summed E-state index contributed by atoms with van der Waals surface area (Å²) in [7, 11) is 0. The topological polar surface area (TPSA) is 55.2 Å². The van der Waals surface area contributed by atoms with E-state index in [9.17, 15) is 0 Å². The Bertz CT molecular complexity index is 915. The van der Waals surface area contributed by atoms with Crippen LogP contribution in [0.1, 0.15) is 17.0 Å². The number of halogens is 1. The molecule has 0 bridgehead atoms. The Labute approximate surface area is 149 Å². The van der Waals surface area contributed by atoms with Gasteiger partial charge in [-0.05, 0) is 54.5 Å². The van der Waals surface area contributed by atoms with Crippen LogP contribution >= 0.6 is 23.8 Å². The van der Waals surface area contributed by atoms with Crippen LogP contribution in [0, 0.1) is 11.7 Å². The van der Waals surface area contributed by atoms with Gasteiger partial charge in [0.25, 0.3) is 0 Å². The van der Waals surface area contributed by atoms with Crippen molar-refractivity contribution in [2.75, 3.05) is 0 Å². The van der Waals surface area contributed by atoms with E-state index in [1.54, 1.807) is 10.9 Å². The van der Waals surface area contributed by atoms with Crippen molar-refractivity contribution >= 4 is 30.0 Å². The standard InChI is InChI=1S/C17H15ClN4OS/c1-12-20-21-17(24)22(12)19-10-14-3-2-4-16(9-14)23-11-13-5-7-15(18)8-6-13/h2-10H,11H2,1H3,(H,21,24)/b19-10+. The highest BCUT2D eigenvalue weighted by molar-refractivity contribution is 7.71. The molecule has 0 unspecified atom stereocenters. The summed E-state index contributed by atoms with van der Waals surface area (Å²) in [6.45, 7) is 2.30. The van der Waals surface area contributed by atoms with Gasteiger partial charge >= 0.3 is 0 Å². The summed E-state index contributed by atoms with van der Waals surface area (Å²) in [5, 5.41) is 11.7. The predicted octanol–water partition coefficient (Wildman–Crippen LogP) is 4.36. The number of nitrogens with one attached hydrogen (secondary N) is 1. The minimum Gasteiger partial charge on any atom is -0.489 e. The van der Waals surface area contributed by atoms with Gasteiger partial charge in [0.15, 0.2) is 0 Å². The molecule has 1 heterocycles. The molecule has 2 aromatic carbocycles. The first-order valence-electron chi connectivity index (χ1n) is 7.27. The van der Waals surface area contributed by atoms with Crippen LogP contribution in [-0.2, 0) is 6.61 Å². The molecule has 0 atom stereocenters. The van der Waals surface area contributed by atoms with E-state index in [0.29, 0.717) is 22.2 Å². The predicted molar refractivity (Wildman–Crippen MR) is 97.4 cm³/mol. The van der Waals surface area contributed by atoms with Crippen molar-refractivity contribution in [3.63, 3.8) is 0 Å². The minimum absolute atomic E-state index is 0.457. The molecule has 0 saturated heterocycles. The third-order valence-electron chi connectivity index (χ3n) is 3.31. The second kappa shape index (κ2) is 7.42. The van der Waals surface area contributed by atoms with E-state index in [4.69, 9.17) is 28.6 Å². The van der Waals surface area contributed by atoms with Gasteiger partial charge in [-0.15, -0.1) is 0 Å². The number of ether oxygens (including phenoxy) is 1. The minimum atomic E-state index is 0.457. The van der Waals surface area contributed by atoms with E-state index in [0.717, 1.165) is 16.9 Å². The van der Waals surface area contributed by atoms with Gasteiger partial charge in [-0.25, -0.2) is 0 Å². The van der Waals surface area contributed by atoms with Crippen LogP contribution in [0.15, 0.2) is 53.6 Å². The number of hydrogen-bond donors (Lipinski definition) is 1. The molecular weight excluding hydrogens is 344 g/mol. The van der Waals surface area contributed by atoms with Crippen molar-refractivity contribution < 1.29 is 4.74 Å². The first kappa shape index (κ1) is 16.4. The van der Waals surface area contributed by atoms with E-state index in [-0.39, 0.29) is 0 Å². The Morgan fingerprint density at radius 2 is 2.08 bits per heavy atom. The molecule has 5 nitrogen and oxygen atoms in total. The second-order valence-corrected chi connectivity index (χ2v) is 5.94. The zero-order valence-electron chi connectivity index (χ0n) is 12.9. The van der Waals surface area contributed by atoms with Gasteiger partial charge in [0.2, 0.25) is 4.77 Å². The van der Waals surface area contributed by atoms with Gasteiger partial charge < -0.3 is 4.74 Å². The highest BCUT2D eigenvalue weighted by atomic mass is 35.5. The van der Waals surface area contributed by atoms with Gasteiger partial charge in [-0.1, -0.05) is 35.9 Å². The van der Waals surface area contributed by atoms with Crippen LogP contribution in [0.5, 0.6) is 5.75 Å². The Balaban J connectivity index is 1.70. The third-order valence-corrected chi connectivity index (χ3v) is 3.83. The van der Waals surface area contributed by atoms with E-state index in [1.165, 1.54) is 0 Å². The van der Waals surface area contributed by atoms with Gasteiger partial charge in [-0.3, -0.25) is 5.10 Å². The molecular formula is C17H15ClN4OS. The molecule has 3 rings (SSSR count). The molecule has 7 heteroatoms. The molecule has 0 radical (unpaired) electrons. The maximum absolute atomic E-state index is 5.88. The van der Waals surface area contributed by atoms with Gasteiger partial charge in [0, 0.05) is 5.02 Å². The zero-order valence-corrected chi connectivity index (χ0v) is 14.5. The Kier molecular flexibility index (Phi) is 5.08. The lowest BCUT2D eigenvalue weighted by Crippen LogP contribution is -1.97. The molecule has 0 aliphatic heterocycles. The van der Waals surface area contributed by atoms with E-state index < -0.39 is 0 Å². The number of aromatic nitrogens is 3. The second-order valence-electron chi connectivity index (χ2n) is 5.12. The van der Waals surface area contributed by atoms with Gasteiger partial charge in [0.05, 0.1) is 6.21 Å². The first-order chi connectivity index (χ1) is 11.6. The number of aromatic amines is 1. The van der Waals surface area contributed by atoms with E-state index in [2.05, 4.69) is 15.3 Å². The summed E-state index contributed by atoms with van der Waals surface area (Å²) in [5.74, 6) is 1.47. The lowest BCUT2D eigenvalue weighted by molar-refractivity contribution is 0.306. The average Bonchev–Trinajstić information content (AvgIpc) is 2.91. The number of hydrogen-bond acceptors (Lipinski definition) is 4. The normalized spacial score (nSPS) is 11.1. The highest BCUT2D eigenvalue weighted by Crippen LogP contribution is 2.16. The summed E-state index contributed by atoms with van der Waals surface area (Å²) in [6.07, 6.45) is 1.72. The van der Waals surface area contributed by atoms with Crippen molar-refractivity contribution in [3.8, 4) is 5.75 Å². The number of rotatable bonds is 5. The molecule has 0 aliphatic carbocycles. The number of nitrogens with zero attached hydrogens (tertiary/aromatic N) is 3. The maximum atomic E-state index is 5.88. The Morgan fingerprint density at radius 3 is 2.79 bits per heavy atom. The number of aryl methyl sites for hydroxylation is 1. The molecule has 0 saturated carbocycles. The van der Waals surface area contributed by atoms with Crippen molar-refractivity contribution in [2.45, 2.75) is 13.5 Å². The molecule has 0 spiro atoms.